The average molecular weight is 470 g/mol. The van der Waals surface area contributed by atoms with Crippen molar-refractivity contribution in [2.75, 3.05) is 26.2 Å². The van der Waals surface area contributed by atoms with Gasteiger partial charge in [-0.15, -0.1) is 0 Å². The SMILES string of the molecule is CC(C)NC(=O)N1CCN(S(=O)(=O)c2ccc(F)cc2)C(C(=O)NC2CCCNC2=O)C1. The fourth-order valence-electron chi connectivity index (χ4n) is 3.71. The minimum absolute atomic E-state index is 0.0761. The fraction of sp³-hybridized carbons (Fsp3) is 0.550. The molecule has 3 N–H and O–H groups in total. The summed E-state index contributed by atoms with van der Waals surface area (Å²) in [5.41, 5.74) is 0. The summed E-state index contributed by atoms with van der Waals surface area (Å²) in [6.45, 7) is 3.87. The number of hydrogen-bond acceptors (Lipinski definition) is 5. The van der Waals surface area contributed by atoms with Crippen LogP contribution in [0.3, 0.4) is 0 Å². The molecule has 0 spiro atoms. The number of benzene rings is 1. The molecule has 2 unspecified atom stereocenters. The Bertz CT molecular complexity index is 969. The van der Waals surface area contributed by atoms with Gasteiger partial charge >= 0.3 is 6.03 Å². The van der Waals surface area contributed by atoms with Crippen molar-refractivity contribution < 1.29 is 27.2 Å². The van der Waals surface area contributed by atoms with Gasteiger partial charge in [0.25, 0.3) is 0 Å². The summed E-state index contributed by atoms with van der Waals surface area (Å²) in [6.07, 6.45) is 1.12. The number of piperazine rings is 1. The first-order valence-electron chi connectivity index (χ1n) is 10.5. The van der Waals surface area contributed by atoms with Crippen molar-refractivity contribution in [2.45, 2.75) is 49.7 Å². The molecule has 2 aliphatic rings. The van der Waals surface area contributed by atoms with E-state index in [1.165, 1.54) is 4.90 Å². The summed E-state index contributed by atoms with van der Waals surface area (Å²) in [7, 11) is -4.15. The first kappa shape index (κ1) is 23.9. The lowest BCUT2D eigenvalue weighted by Gasteiger charge is -2.40. The fourth-order valence-corrected chi connectivity index (χ4v) is 5.28. The lowest BCUT2D eigenvalue weighted by molar-refractivity contribution is -0.132. The van der Waals surface area contributed by atoms with Gasteiger partial charge in [0.1, 0.15) is 17.9 Å². The van der Waals surface area contributed by atoms with E-state index in [4.69, 9.17) is 0 Å². The molecule has 0 saturated carbocycles. The van der Waals surface area contributed by atoms with Gasteiger partial charge in [0.2, 0.25) is 21.8 Å². The molecule has 1 aromatic rings. The zero-order valence-corrected chi connectivity index (χ0v) is 18.8. The third kappa shape index (κ3) is 5.36. The molecule has 2 atom stereocenters. The Balaban J connectivity index is 1.87. The average Bonchev–Trinajstić information content (AvgIpc) is 2.74. The van der Waals surface area contributed by atoms with Gasteiger partial charge in [0, 0.05) is 32.2 Å². The van der Waals surface area contributed by atoms with E-state index in [1.54, 1.807) is 13.8 Å². The van der Waals surface area contributed by atoms with Crippen LogP contribution >= 0.6 is 0 Å². The van der Waals surface area contributed by atoms with Crippen molar-refractivity contribution in [3.63, 3.8) is 0 Å². The Morgan fingerprint density at radius 2 is 1.88 bits per heavy atom. The zero-order chi connectivity index (χ0) is 23.5. The molecule has 32 heavy (non-hydrogen) atoms. The minimum atomic E-state index is -4.15. The second kappa shape index (κ2) is 9.82. The zero-order valence-electron chi connectivity index (χ0n) is 18.0. The van der Waals surface area contributed by atoms with E-state index in [9.17, 15) is 27.2 Å². The van der Waals surface area contributed by atoms with Crippen LogP contribution in [0, 0.1) is 5.82 Å². The molecule has 10 nitrogen and oxygen atoms in total. The quantitative estimate of drug-likeness (QED) is 0.560. The van der Waals surface area contributed by atoms with Crippen molar-refractivity contribution in [2.24, 2.45) is 0 Å². The second-order valence-electron chi connectivity index (χ2n) is 8.13. The highest BCUT2D eigenvalue weighted by Crippen LogP contribution is 2.23. The van der Waals surface area contributed by atoms with Gasteiger partial charge in [0.05, 0.1) is 4.90 Å². The number of nitrogens with zero attached hydrogens (tertiary/aromatic N) is 2. The van der Waals surface area contributed by atoms with Crippen molar-refractivity contribution in [1.82, 2.24) is 25.2 Å². The molecule has 4 amide bonds. The molecule has 2 aliphatic heterocycles. The van der Waals surface area contributed by atoms with E-state index >= 15 is 0 Å². The van der Waals surface area contributed by atoms with Crippen LogP contribution in [0.5, 0.6) is 0 Å². The molecule has 0 radical (unpaired) electrons. The second-order valence-corrected chi connectivity index (χ2v) is 10.0. The molecule has 12 heteroatoms. The topological polar surface area (TPSA) is 128 Å². The van der Waals surface area contributed by atoms with E-state index in [0.717, 1.165) is 28.6 Å². The summed E-state index contributed by atoms with van der Waals surface area (Å²) in [6, 6.07) is 1.76. The van der Waals surface area contributed by atoms with Gasteiger partial charge in [-0.3, -0.25) is 9.59 Å². The molecular formula is C20H28FN5O5S. The van der Waals surface area contributed by atoms with Crippen molar-refractivity contribution >= 4 is 27.9 Å². The van der Waals surface area contributed by atoms with Crippen molar-refractivity contribution in [3.05, 3.63) is 30.1 Å². The summed E-state index contributed by atoms with van der Waals surface area (Å²) in [5.74, 6) is -1.58. The van der Waals surface area contributed by atoms with Crippen LogP contribution in [0.4, 0.5) is 9.18 Å². The van der Waals surface area contributed by atoms with Gasteiger partial charge in [-0.2, -0.15) is 4.31 Å². The third-order valence-corrected chi connectivity index (χ3v) is 7.28. The summed E-state index contributed by atoms with van der Waals surface area (Å²) < 4.78 is 40.8. The molecule has 0 bridgehead atoms. The van der Waals surface area contributed by atoms with E-state index in [2.05, 4.69) is 16.0 Å². The Kier molecular flexibility index (Phi) is 7.34. The van der Waals surface area contributed by atoms with E-state index in [0.29, 0.717) is 19.4 Å². The van der Waals surface area contributed by atoms with Gasteiger partial charge in [-0.1, -0.05) is 0 Å². The maximum atomic E-state index is 13.3. The van der Waals surface area contributed by atoms with Crippen LogP contribution in [0.25, 0.3) is 0 Å². The summed E-state index contributed by atoms with van der Waals surface area (Å²) in [4.78, 5) is 38.9. The highest BCUT2D eigenvalue weighted by molar-refractivity contribution is 7.89. The molecule has 0 aromatic heterocycles. The third-order valence-electron chi connectivity index (χ3n) is 5.36. The molecule has 1 aromatic carbocycles. The first-order valence-corrected chi connectivity index (χ1v) is 11.9. The Hall–Kier alpha value is -2.73. The van der Waals surface area contributed by atoms with Crippen molar-refractivity contribution in [1.29, 1.82) is 0 Å². The maximum Gasteiger partial charge on any atom is 0.317 e. The predicted octanol–water partition coefficient (Wildman–Crippen LogP) is 0.0134. The summed E-state index contributed by atoms with van der Waals surface area (Å²) >= 11 is 0. The summed E-state index contributed by atoms with van der Waals surface area (Å²) in [5, 5.41) is 8.03. The number of amides is 4. The largest absolute Gasteiger partial charge is 0.354 e. The molecule has 2 saturated heterocycles. The maximum absolute atomic E-state index is 13.3. The van der Waals surface area contributed by atoms with Crippen LogP contribution in [-0.2, 0) is 19.6 Å². The lowest BCUT2D eigenvalue weighted by atomic mass is 10.1. The van der Waals surface area contributed by atoms with E-state index < -0.39 is 39.9 Å². The van der Waals surface area contributed by atoms with Crippen LogP contribution in [0.15, 0.2) is 29.2 Å². The van der Waals surface area contributed by atoms with E-state index in [1.807, 2.05) is 0 Å². The molecule has 176 valence electrons. The number of nitrogens with one attached hydrogen (secondary N) is 3. The van der Waals surface area contributed by atoms with Gasteiger partial charge in [-0.25, -0.2) is 17.6 Å². The Labute approximate surface area is 186 Å². The number of rotatable bonds is 5. The lowest BCUT2D eigenvalue weighted by Crippen LogP contribution is -2.64. The minimum Gasteiger partial charge on any atom is -0.354 e. The molecular weight excluding hydrogens is 441 g/mol. The Morgan fingerprint density at radius 1 is 1.19 bits per heavy atom. The van der Waals surface area contributed by atoms with Crippen LogP contribution < -0.4 is 16.0 Å². The number of hydrogen-bond donors (Lipinski definition) is 3. The van der Waals surface area contributed by atoms with Crippen LogP contribution in [0.2, 0.25) is 0 Å². The number of sulfonamides is 1. The Morgan fingerprint density at radius 3 is 2.50 bits per heavy atom. The van der Waals surface area contributed by atoms with Gasteiger partial charge in [-0.05, 0) is 51.0 Å². The normalized spacial score (nSPS) is 22.4. The first-order chi connectivity index (χ1) is 15.1. The number of halogens is 1. The molecule has 3 rings (SSSR count). The highest BCUT2D eigenvalue weighted by Gasteiger charge is 2.42. The number of carbonyl (C=O) groups excluding carboxylic acids is 3. The molecule has 2 fully saturated rings. The monoisotopic (exact) mass is 469 g/mol. The number of carbonyl (C=O) groups is 3. The van der Waals surface area contributed by atoms with E-state index in [-0.39, 0.29) is 36.5 Å². The smallest absolute Gasteiger partial charge is 0.317 e. The molecule has 2 heterocycles. The van der Waals surface area contributed by atoms with Gasteiger partial charge in [0.15, 0.2) is 0 Å². The molecule has 0 aliphatic carbocycles. The van der Waals surface area contributed by atoms with Crippen LogP contribution in [-0.4, -0.2) is 79.8 Å². The van der Waals surface area contributed by atoms with Crippen LogP contribution in [0.1, 0.15) is 26.7 Å². The standard InChI is InChI=1S/C20H28FN5O5S/c1-13(2)23-20(29)25-10-11-26(32(30,31)15-7-5-14(21)6-8-15)17(12-25)19(28)24-16-4-3-9-22-18(16)27/h5-8,13,16-17H,3-4,9-12H2,1-2H3,(H,22,27)(H,23,29)(H,24,28). The number of piperidine rings is 1. The van der Waals surface area contributed by atoms with Gasteiger partial charge < -0.3 is 20.9 Å². The number of urea groups is 1. The van der Waals surface area contributed by atoms with Crippen molar-refractivity contribution in [3.8, 4) is 0 Å². The highest BCUT2D eigenvalue weighted by atomic mass is 32.2. The predicted molar refractivity (Wildman–Crippen MR) is 113 cm³/mol.